The predicted molar refractivity (Wildman–Crippen MR) is 104 cm³/mol. The fraction of sp³-hybridized carbons (Fsp3) is 0.476. The highest BCUT2D eigenvalue weighted by atomic mass is 32.1. The number of para-hydroxylation sites is 1. The molecule has 0 aliphatic heterocycles. The summed E-state index contributed by atoms with van der Waals surface area (Å²) in [7, 11) is 0. The molecule has 0 unspecified atom stereocenters. The van der Waals surface area contributed by atoms with Crippen LogP contribution in [-0.2, 0) is 5.41 Å². The van der Waals surface area contributed by atoms with Crippen LogP contribution < -0.4 is 0 Å². The first kappa shape index (κ1) is 14.8. The first-order chi connectivity index (χ1) is 13.3. The van der Waals surface area contributed by atoms with Crippen molar-refractivity contribution in [3.05, 3.63) is 35.3 Å². The summed E-state index contributed by atoms with van der Waals surface area (Å²) < 4.78 is 7.93. The SMILES string of the molecule is c1ccc2oc(-c3nnc4sc(C56CC7CC(CC(C7)C5)C6)nn34)cc2c1. The van der Waals surface area contributed by atoms with Crippen LogP contribution >= 0.6 is 11.3 Å². The van der Waals surface area contributed by atoms with Gasteiger partial charge in [0.2, 0.25) is 10.8 Å². The van der Waals surface area contributed by atoms with E-state index in [-0.39, 0.29) is 0 Å². The minimum Gasteiger partial charge on any atom is -0.453 e. The second-order valence-electron chi connectivity index (χ2n) is 8.97. The van der Waals surface area contributed by atoms with Gasteiger partial charge in [-0.15, -0.1) is 10.2 Å². The molecule has 0 radical (unpaired) electrons. The van der Waals surface area contributed by atoms with E-state index in [0.29, 0.717) is 11.2 Å². The van der Waals surface area contributed by atoms with Gasteiger partial charge in [0.05, 0.1) is 0 Å². The van der Waals surface area contributed by atoms with Gasteiger partial charge in [-0.2, -0.15) is 9.61 Å². The van der Waals surface area contributed by atoms with Gasteiger partial charge in [0, 0.05) is 10.8 Å². The van der Waals surface area contributed by atoms with Crippen LogP contribution in [0.25, 0.3) is 27.5 Å². The van der Waals surface area contributed by atoms with Crippen LogP contribution in [0.15, 0.2) is 34.7 Å². The van der Waals surface area contributed by atoms with Gasteiger partial charge in [-0.1, -0.05) is 29.5 Å². The lowest BCUT2D eigenvalue weighted by Crippen LogP contribution is -2.48. The van der Waals surface area contributed by atoms with Crippen molar-refractivity contribution in [2.45, 2.75) is 43.9 Å². The van der Waals surface area contributed by atoms with E-state index in [1.807, 2.05) is 28.8 Å². The number of hydrogen-bond donors (Lipinski definition) is 0. The number of fused-ring (bicyclic) bond motifs is 2. The summed E-state index contributed by atoms with van der Waals surface area (Å²) in [6.07, 6.45) is 8.32. The largest absolute Gasteiger partial charge is 0.453 e. The molecule has 0 spiro atoms. The molecule has 4 saturated carbocycles. The molecule has 4 aliphatic carbocycles. The Hall–Kier alpha value is -2.21. The lowest BCUT2D eigenvalue weighted by molar-refractivity contribution is -0.00565. The molecule has 4 bridgehead atoms. The maximum atomic E-state index is 6.02. The summed E-state index contributed by atoms with van der Waals surface area (Å²) >= 11 is 1.74. The molecular formula is C21H20N4OS. The molecule has 4 fully saturated rings. The maximum absolute atomic E-state index is 6.02. The highest BCUT2D eigenvalue weighted by Gasteiger charge is 2.53. The zero-order valence-electron chi connectivity index (χ0n) is 15.0. The first-order valence-electron chi connectivity index (χ1n) is 9.97. The van der Waals surface area contributed by atoms with Crippen LogP contribution in [0.2, 0.25) is 0 Å². The van der Waals surface area contributed by atoms with E-state index in [0.717, 1.165) is 39.4 Å². The van der Waals surface area contributed by atoms with E-state index in [9.17, 15) is 0 Å². The fourth-order valence-electron chi connectivity index (χ4n) is 6.45. The average molecular weight is 376 g/mol. The lowest BCUT2D eigenvalue weighted by atomic mass is 9.50. The minimum absolute atomic E-state index is 0.297. The average Bonchev–Trinajstić information content (AvgIpc) is 3.34. The summed E-state index contributed by atoms with van der Waals surface area (Å²) in [6, 6.07) is 10.1. The van der Waals surface area contributed by atoms with Crippen LogP contribution in [0.4, 0.5) is 0 Å². The van der Waals surface area contributed by atoms with Crippen LogP contribution in [0, 0.1) is 17.8 Å². The Morgan fingerprint density at radius 2 is 1.74 bits per heavy atom. The van der Waals surface area contributed by atoms with E-state index < -0.39 is 0 Å². The molecule has 136 valence electrons. The van der Waals surface area contributed by atoms with E-state index in [4.69, 9.17) is 9.52 Å². The Kier molecular flexibility index (Phi) is 2.73. The van der Waals surface area contributed by atoms with E-state index >= 15 is 0 Å². The molecule has 4 aliphatic rings. The normalized spacial score (nSPS) is 32.1. The number of aromatic nitrogens is 4. The molecular weight excluding hydrogens is 356 g/mol. The van der Waals surface area contributed by atoms with Crippen molar-refractivity contribution in [1.82, 2.24) is 19.8 Å². The second-order valence-corrected chi connectivity index (χ2v) is 9.93. The summed E-state index contributed by atoms with van der Waals surface area (Å²) in [5.41, 5.74) is 1.17. The Bertz CT molecular complexity index is 1120. The van der Waals surface area contributed by atoms with Crippen molar-refractivity contribution >= 4 is 27.3 Å². The lowest BCUT2D eigenvalue weighted by Gasteiger charge is -2.55. The first-order valence-corrected chi connectivity index (χ1v) is 10.8. The topological polar surface area (TPSA) is 56.2 Å². The molecule has 27 heavy (non-hydrogen) atoms. The standard InChI is InChI=1S/C21H20N4OS/c1-2-4-16-15(3-1)8-17(26-16)18-22-23-20-25(18)24-19(27-20)21-9-12-5-13(10-21)7-14(6-12)11-21/h1-4,8,12-14H,5-7,9-11H2. The maximum Gasteiger partial charge on any atom is 0.235 e. The van der Waals surface area contributed by atoms with Crippen LogP contribution in [-0.4, -0.2) is 19.8 Å². The summed E-state index contributed by atoms with van der Waals surface area (Å²) in [5.74, 6) is 4.21. The molecule has 8 rings (SSSR count). The number of nitrogens with zero attached hydrogens (tertiary/aromatic N) is 4. The number of benzene rings is 1. The number of rotatable bonds is 2. The zero-order valence-corrected chi connectivity index (χ0v) is 15.8. The van der Waals surface area contributed by atoms with Gasteiger partial charge in [0.1, 0.15) is 10.6 Å². The Morgan fingerprint density at radius 1 is 1.00 bits per heavy atom. The quantitative estimate of drug-likeness (QED) is 0.490. The third kappa shape index (κ3) is 2.02. The third-order valence-corrected chi connectivity index (χ3v) is 8.27. The summed E-state index contributed by atoms with van der Waals surface area (Å²) in [4.78, 5) is 0.885. The van der Waals surface area contributed by atoms with Crippen molar-refractivity contribution < 1.29 is 4.42 Å². The summed E-state index contributed by atoms with van der Waals surface area (Å²) in [6.45, 7) is 0. The van der Waals surface area contributed by atoms with E-state index in [1.165, 1.54) is 43.5 Å². The van der Waals surface area contributed by atoms with Gasteiger partial charge < -0.3 is 4.42 Å². The minimum atomic E-state index is 0.297. The smallest absolute Gasteiger partial charge is 0.235 e. The van der Waals surface area contributed by atoms with Crippen LogP contribution in [0.3, 0.4) is 0 Å². The Balaban J connectivity index is 1.35. The molecule has 0 saturated heterocycles. The highest BCUT2D eigenvalue weighted by molar-refractivity contribution is 7.16. The molecule has 1 aromatic carbocycles. The Morgan fingerprint density at radius 3 is 2.48 bits per heavy atom. The monoisotopic (exact) mass is 376 g/mol. The van der Waals surface area contributed by atoms with Gasteiger partial charge in [0.15, 0.2) is 5.76 Å². The van der Waals surface area contributed by atoms with Crippen LogP contribution in [0.5, 0.6) is 0 Å². The van der Waals surface area contributed by atoms with Crippen molar-refractivity contribution in [2.24, 2.45) is 17.8 Å². The molecule has 3 aromatic heterocycles. The predicted octanol–water partition coefficient (Wildman–Crippen LogP) is 5.07. The molecule has 3 heterocycles. The molecule has 0 amide bonds. The van der Waals surface area contributed by atoms with Crippen molar-refractivity contribution in [3.8, 4) is 11.6 Å². The number of furan rings is 1. The third-order valence-electron chi connectivity index (χ3n) is 7.13. The second kappa shape index (κ2) is 4.98. The van der Waals surface area contributed by atoms with Crippen molar-refractivity contribution in [3.63, 3.8) is 0 Å². The highest BCUT2D eigenvalue weighted by Crippen LogP contribution is 2.61. The van der Waals surface area contributed by atoms with Gasteiger partial charge in [-0.05, 0) is 68.4 Å². The molecule has 5 nitrogen and oxygen atoms in total. The molecule has 6 heteroatoms. The van der Waals surface area contributed by atoms with Crippen molar-refractivity contribution in [1.29, 1.82) is 0 Å². The van der Waals surface area contributed by atoms with Gasteiger partial charge >= 0.3 is 0 Å². The van der Waals surface area contributed by atoms with E-state index in [2.05, 4.69) is 16.3 Å². The zero-order chi connectivity index (χ0) is 17.6. The van der Waals surface area contributed by atoms with Gasteiger partial charge in [-0.25, -0.2) is 0 Å². The number of hydrogen-bond acceptors (Lipinski definition) is 5. The van der Waals surface area contributed by atoms with Crippen LogP contribution in [0.1, 0.15) is 43.5 Å². The van der Waals surface area contributed by atoms with Gasteiger partial charge in [0.25, 0.3) is 0 Å². The molecule has 4 aromatic rings. The van der Waals surface area contributed by atoms with Gasteiger partial charge in [-0.3, -0.25) is 0 Å². The Labute approximate surface area is 160 Å². The van der Waals surface area contributed by atoms with E-state index in [1.54, 1.807) is 11.3 Å². The fourth-order valence-corrected chi connectivity index (χ4v) is 7.51. The molecule has 0 atom stereocenters. The van der Waals surface area contributed by atoms with Crippen molar-refractivity contribution in [2.75, 3.05) is 0 Å². The summed E-state index contributed by atoms with van der Waals surface area (Å²) in [5, 5.41) is 16.2. The molecule has 0 N–H and O–H groups in total.